The number of carbonyl (C=O) groups excluding carboxylic acids is 3. The number of thiophene rings is 1. The van der Waals surface area contributed by atoms with Gasteiger partial charge in [-0.3, -0.25) is 4.79 Å². The number of ether oxygens (including phenoxy) is 2. The second-order valence-electron chi connectivity index (χ2n) is 8.08. The Morgan fingerprint density at radius 1 is 1.10 bits per heavy atom. The van der Waals surface area contributed by atoms with E-state index in [0.717, 1.165) is 17.4 Å². The molecule has 0 radical (unpaired) electrons. The number of nitrogens with zero attached hydrogens (tertiary/aromatic N) is 3. The van der Waals surface area contributed by atoms with Crippen molar-refractivity contribution < 1.29 is 37.0 Å². The smallest absolute Gasteiger partial charge is 0.433 e. The first-order chi connectivity index (χ1) is 18.9. The fourth-order valence-electron chi connectivity index (χ4n) is 3.71. The second kappa shape index (κ2) is 11.6. The third-order valence-electron chi connectivity index (χ3n) is 5.49. The van der Waals surface area contributed by atoms with Gasteiger partial charge in [-0.15, -0.1) is 11.3 Å². The maximum absolute atomic E-state index is 14.0. The highest BCUT2D eigenvalue weighted by Gasteiger charge is 2.37. The van der Waals surface area contributed by atoms with Crippen LogP contribution < -0.4 is 5.32 Å². The molecule has 1 amide bonds. The number of anilines is 1. The zero-order valence-corrected chi connectivity index (χ0v) is 24.1. The van der Waals surface area contributed by atoms with E-state index >= 15 is 0 Å². The predicted octanol–water partition coefficient (Wildman–Crippen LogP) is 6.81. The molecule has 1 aromatic carbocycles. The van der Waals surface area contributed by atoms with Crippen LogP contribution in [-0.4, -0.2) is 45.7 Å². The number of benzene rings is 1. The summed E-state index contributed by atoms with van der Waals surface area (Å²) in [5, 5.41) is 5.71. The van der Waals surface area contributed by atoms with E-state index in [4.69, 9.17) is 21.1 Å². The SMILES string of the molecule is CCOC(=O)c1sc(NC(=O)c2nn3c(C(F)(F)F)cc(-c4ccc(Br)cc4)nc3c2Cl)c(C(=O)OCC)c1C. The molecule has 0 saturated heterocycles. The van der Waals surface area contributed by atoms with Crippen LogP contribution in [-0.2, 0) is 15.7 Å². The van der Waals surface area contributed by atoms with Gasteiger partial charge in [-0.25, -0.2) is 19.1 Å². The summed E-state index contributed by atoms with van der Waals surface area (Å²) >= 11 is 10.4. The Hall–Kier alpha value is -3.49. The van der Waals surface area contributed by atoms with E-state index in [0.29, 0.717) is 14.6 Å². The van der Waals surface area contributed by atoms with Crippen LogP contribution in [0.2, 0.25) is 5.02 Å². The number of rotatable bonds is 7. The summed E-state index contributed by atoms with van der Waals surface area (Å²) in [6.07, 6.45) is -4.87. The Balaban J connectivity index is 1.82. The molecule has 3 aromatic heterocycles. The number of nitrogens with one attached hydrogen (secondary N) is 1. The molecular formula is C25H19BrClF3N4O5S. The summed E-state index contributed by atoms with van der Waals surface area (Å²) in [4.78, 5) is 42.6. The van der Waals surface area contributed by atoms with Crippen molar-refractivity contribution in [2.75, 3.05) is 18.5 Å². The molecule has 3 heterocycles. The molecule has 9 nitrogen and oxygen atoms in total. The van der Waals surface area contributed by atoms with E-state index in [1.807, 2.05) is 0 Å². The Morgan fingerprint density at radius 3 is 2.33 bits per heavy atom. The van der Waals surface area contributed by atoms with Crippen molar-refractivity contribution in [3.63, 3.8) is 0 Å². The highest BCUT2D eigenvalue weighted by molar-refractivity contribution is 9.10. The van der Waals surface area contributed by atoms with E-state index in [-0.39, 0.29) is 39.9 Å². The van der Waals surface area contributed by atoms with Crippen molar-refractivity contribution >= 4 is 67.4 Å². The second-order valence-corrected chi connectivity index (χ2v) is 10.4. The predicted molar refractivity (Wildman–Crippen MR) is 145 cm³/mol. The van der Waals surface area contributed by atoms with E-state index in [2.05, 4.69) is 31.3 Å². The summed E-state index contributed by atoms with van der Waals surface area (Å²) in [7, 11) is 0. The number of alkyl halides is 3. The third kappa shape index (κ3) is 5.69. The van der Waals surface area contributed by atoms with Crippen molar-refractivity contribution in [3.8, 4) is 11.3 Å². The van der Waals surface area contributed by atoms with E-state index in [9.17, 15) is 27.6 Å². The quantitative estimate of drug-likeness (QED) is 0.217. The number of fused-ring (bicyclic) bond motifs is 1. The summed E-state index contributed by atoms with van der Waals surface area (Å²) < 4.78 is 53.3. The van der Waals surface area contributed by atoms with Gasteiger partial charge >= 0.3 is 18.1 Å². The molecule has 0 aliphatic rings. The minimum absolute atomic E-state index is 0.0150. The first kappa shape index (κ1) is 29.5. The van der Waals surface area contributed by atoms with Gasteiger partial charge in [0.25, 0.3) is 5.91 Å². The molecule has 0 aliphatic carbocycles. The molecule has 0 unspecified atom stereocenters. The lowest BCUT2D eigenvalue weighted by Gasteiger charge is -2.11. The summed E-state index contributed by atoms with van der Waals surface area (Å²) in [6.45, 7) is 4.74. The number of halogens is 5. The Bertz CT molecular complexity index is 1640. The van der Waals surface area contributed by atoms with Crippen molar-refractivity contribution in [2.24, 2.45) is 0 Å². The fraction of sp³-hybridized carbons (Fsp3) is 0.240. The van der Waals surface area contributed by atoms with Crippen LogP contribution in [0.1, 0.15) is 55.6 Å². The van der Waals surface area contributed by atoms with Crippen molar-refractivity contribution in [3.05, 3.63) is 67.2 Å². The lowest BCUT2D eigenvalue weighted by atomic mass is 10.1. The Kier molecular flexibility index (Phi) is 8.52. The van der Waals surface area contributed by atoms with Crippen LogP contribution in [0.15, 0.2) is 34.8 Å². The number of aromatic nitrogens is 3. The lowest BCUT2D eigenvalue weighted by Crippen LogP contribution is -2.17. The minimum Gasteiger partial charge on any atom is -0.462 e. The fourth-order valence-corrected chi connectivity index (χ4v) is 5.31. The molecule has 15 heteroatoms. The number of esters is 2. The van der Waals surface area contributed by atoms with E-state index in [1.165, 1.54) is 6.92 Å². The maximum atomic E-state index is 14.0. The molecule has 4 rings (SSSR count). The molecule has 0 saturated carbocycles. The Labute approximate surface area is 242 Å². The molecule has 4 aromatic rings. The van der Waals surface area contributed by atoms with Crippen LogP contribution >= 0.6 is 38.9 Å². The van der Waals surface area contributed by atoms with Gasteiger partial charge in [0.15, 0.2) is 17.0 Å². The average molecular weight is 660 g/mol. The zero-order valence-electron chi connectivity index (χ0n) is 21.0. The van der Waals surface area contributed by atoms with Gasteiger partial charge in [0.05, 0.1) is 24.5 Å². The molecule has 0 spiro atoms. The number of amides is 1. The van der Waals surface area contributed by atoms with Crippen LogP contribution in [0.25, 0.3) is 16.9 Å². The molecule has 1 N–H and O–H groups in total. The molecule has 0 fully saturated rings. The van der Waals surface area contributed by atoms with Crippen LogP contribution in [0.4, 0.5) is 18.2 Å². The van der Waals surface area contributed by atoms with Crippen molar-refractivity contribution in [1.29, 1.82) is 0 Å². The average Bonchev–Trinajstić information content (AvgIpc) is 3.40. The highest BCUT2D eigenvalue weighted by Crippen LogP contribution is 2.37. The van der Waals surface area contributed by atoms with Crippen LogP contribution in [0.5, 0.6) is 0 Å². The minimum atomic E-state index is -4.87. The van der Waals surface area contributed by atoms with Gasteiger partial charge < -0.3 is 14.8 Å². The largest absolute Gasteiger partial charge is 0.462 e. The van der Waals surface area contributed by atoms with Gasteiger partial charge in [0.1, 0.15) is 14.9 Å². The first-order valence-corrected chi connectivity index (χ1v) is 13.6. The van der Waals surface area contributed by atoms with Gasteiger partial charge in [-0.2, -0.15) is 18.3 Å². The van der Waals surface area contributed by atoms with Crippen LogP contribution in [0, 0.1) is 6.92 Å². The van der Waals surface area contributed by atoms with Crippen LogP contribution in [0.3, 0.4) is 0 Å². The van der Waals surface area contributed by atoms with Gasteiger partial charge in [0, 0.05) is 10.0 Å². The molecule has 40 heavy (non-hydrogen) atoms. The number of carbonyl (C=O) groups is 3. The zero-order chi connectivity index (χ0) is 29.4. The molecular weight excluding hydrogens is 641 g/mol. The van der Waals surface area contributed by atoms with E-state index < -0.39 is 46.1 Å². The van der Waals surface area contributed by atoms with Gasteiger partial charge in [-0.05, 0) is 44.5 Å². The first-order valence-electron chi connectivity index (χ1n) is 11.6. The third-order valence-corrected chi connectivity index (χ3v) is 7.56. The standard InChI is InChI=1S/C25H19BrClF3N4O5S/c1-4-38-23(36)16-11(3)19(24(37)39-5-2)40-22(16)32-21(35)18-17(27)20-31-14(12-6-8-13(26)9-7-12)10-15(25(28,29)30)34(20)33-18/h6-10H,4-5H2,1-3H3,(H,32,35). The monoisotopic (exact) mass is 658 g/mol. The lowest BCUT2D eigenvalue weighted by molar-refractivity contribution is -0.142. The highest BCUT2D eigenvalue weighted by atomic mass is 79.9. The summed E-state index contributed by atoms with van der Waals surface area (Å²) in [5.41, 5.74) is -1.75. The Morgan fingerprint density at radius 2 is 1.73 bits per heavy atom. The summed E-state index contributed by atoms with van der Waals surface area (Å²) in [6, 6.07) is 7.21. The van der Waals surface area contributed by atoms with Crippen molar-refractivity contribution in [2.45, 2.75) is 26.9 Å². The molecule has 210 valence electrons. The van der Waals surface area contributed by atoms with Gasteiger partial charge in [-0.1, -0.05) is 39.7 Å². The summed E-state index contributed by atoms with van der Waals surface area (Å²) in [5.74, 6) is -2.57. The molecule has 0 aliphatic heterocycles. The maximum Gasteiger partial charge on any atom is 0.433 e. The number of hydrogen-bond acceptors (Lipinski definition) is 8. The van der Waals surface area contributed by atoms with E-state index in [1.54, 1.807) is 38.1 Å². The van der Waals surface area contributed by atoms with Gasteiger partial charge in [0.2, 0.25) is 0 Å². The number of hydrogen-bond donors (Lipinski definition) is 1. The molecule has 0 bridgehead atoms. The normalized spacial score (nSPS) is 11.5. The topological polar surface area (TPSA) is 112 Å². The molecule has 0 atom stereocenters. The van der Waals surface area contributed by atoms with Crippen molar-refractivity contribution in [1.82, 2.24) is 14.6 Å².